The van der Waals surface area contributed by atoms with Gasteiger partial charge in [-0.1, -0.05) is 53.6 Å². The fraction of sp³-hybridized carbons (Fsp3) is 0.706. The van der Waals surface area contributed by atoms with Crippen molar-refractivity contribution in [3.63, 3.8) is 0 Å². The van der Waals surface area contributed by atoms with Crippen molar-refractivity contribution < 1.29 is 14.6 Å². The maximum Gasteiger partial charge on any atom is 0.302 e. The third-order valence-electron chi connectivity index (χ3n) is 5.40. The van der Waals surface area contributed by atoms with E-state index in [0.717, 1.165) is 18.4 Å². The van der Waals surface area contributed by atoms with Crippen molar-refractivity contribution in [2.75, 3.05) is 0 Å². The molecule has 0 aromatic rings. The van der Waals surface area contributed by atoms with Crippen molar-refractivity contribution >= 4 is 21.9 Å². The molecule has 0 bridgehead atoms. The topological polar surface area (TPSA) is 46.5 Å². The van der Waals surface area contributed by atoms with Crippen LogP contribution >= 0.6 is 15.9 Å². The van der Waals surface area contributed by atoms with Gasteiger partial charge in [-0.3, -0.25) is 4.79 Å². The molecular weight excluding hydrogens is 332 g/mol. The summed E-state index contributed by atoms with van der Waals surface area (Å²) in [6, 6.07) is 0. The SMILES string of the molecule is C=C1C[C@H](O)[C@H](Br)C(C)(C)C12CC=C(C)C[C@H]2OC(C)=O. The maximum atomic E-state index is 11.6. The lowest BCUT2D eigenvalue weighted by Gasteiger charge is -2.59. The molecule has 118 valence electrons. The van der Waals surface area contributed by atoms with Gasteiger partial charge in [-0.05, 0) is 25.2 Å². The number of aliphatic hydroxyl groups is 1. The van der Waals surface area contributed by atoms with Gasteiger partial charge in [0.05, 0.1) is 6.10 Å². The molecule has 1 spiro atoms. The van der Waals surface area contributed by atoms with Crippen molar-refractivity contribution in [1.82, 2.24) is 0 Å². The summed E-state index contributed by atoms with van der Waals surface area (Å²) in [5, 5.41) is 10.3. The molecule has 1 saturated carbocycles. The first-order valence-corrected chi connectivity index (χ1v) is 8.37. The van der Waals surface area contributed by atoms with Crippen LogP contribution in [0.25, 0.3) is 0 Å². The first-order chi connectivity index (χ1) is 9.62. The van der Waals surface area contributed by atoms with Gasteiger partial charge < -0.3 is 9.84 Å². The van der Waals surface area contributed by atoms with Crippen LogP contribution in [0.3, 0.4) is 0 Å². The molecular formula is C17H25BrO3. The summed E-state index contributed by atoms with van der Waals surface area (Å²) in [4.78, 5) is 11.5. The molecule has 4 heteroatoms. The van der Waals surface area contributed by atoms with Gasteiger partial charge in [-0.2, -0.15) is 0 Å². The molecule has 0 aromatic heterocycles. The highest BCUT2D eigenvalue weighted by Crippen LogP contribution is 2.61. The van der Waals surface area contributed by atoms with E-state index in [-0.39, 0.29) is 27.7 Å². The third-order valence-corrected chi connectivity index (χ3v) is 7.16. The summed E-state index contributed by atoms with van der Waals surface area (Å²) in [6.07, 6.45) is 3.64. The smallest absolute Gasteiger partial charge is 0.302 e. The summed E-state index contributed by atoms with van der Waals surface area (Å²) >= 11 is 3.67. The van der Waals surface area contributed by atoms with E-state index in [0.29, 0.717) is 6.42 Å². The van der Waals surface area contributed by atoms with Gasteiger partial charge in [0.1, 0.15) is 6.10 Å². The molecule has 0 amide bonds. The number of ether oxygens (including phenoxy) is 1. The highest BCUT2D eigenvalue weighted by atomic mass is 79.9. The first-order valence-electron chi connectivity index (χ1n) is 7.46. The van der Waals surface area contributed by atoms with Crippen LogP contribution in [0.2, 0.25) is 0 Å². The van der Waals surface area contributed by atoms with E-state index in [2.05, 4.69) is 49.4 Å². The number of aliphatic hydroxyl groups excluding tert-OH is 1. The third kappa shape index (κ3) is 2.50. The van der Waals surface area contributed by atoms with E-state index in [4.69, 9.17) is 4.74 Å². The van der Waals surface area contributed by atoms with E-state index >= 15 is 0 Å². The maximum absolute atomic E-state index is 11.6. The van der Waals surface area contributed by atoms with E-state index < -0.39 is 6.10 Å². The fourth-order valence-corrected chi connectivity index (χ4v) is 4.73. The Morgan fingerprint density at radius 1 is 1.48 bits per heavy atom. The minimum atomic E-state index is -0.455. The average molecular weight is 357 g/mol. The number of allylic oxidation sites excluding steroid dienone is 1. The highest BCUT2D eigenvalue weighted by Gasteiger charge is 2.60. The molecule has 4 atom stereocenters. The number of rotatable bonds is 1. The quantitative estimate of drug-likeness (QED) is 0.442. The zero-order chi connectivity index (χ0) is 16.0. The van der Waals surface area contributed by atoms with Crippen molar-refractivity contribution in [2.45, 2.75) is 64.0 Å². The number of carbonyl (C=O) groups is 1. The number of hydrogen-bond donors (Lipinski definition) is 1. The summed E-state index contributed by atoms with van der Waals surface area (Å²) in [6.45, 7) is 12.0. The molecule has 0 heterocycles. The van der Waals surface area contributed by atoms with Crippen LogP contribution in [0.15, 0.2) is 23.8 Å². The van der Waals surface area contributed by atoms with Gasteiger partial charge in [0.2, 0.25) is 0 Å². The van der Waals surface area contributed by atoms with Gasteiger partial charge in [0.25, 0.3) is 0 Å². The standard InChI is InChI=1S/C17H25BrO3/c1-10-6-7-17(14(8-10)21-12(3)19)11(2)9-13(20)15(18)16(17,4)5/h6,13-15,20H,2,7-9H2,1,3-5H3/t13-,14+,15-,17?/m0/s1. The lowest BCUT2D eigenvalue weighted by molar-refractivity contribution is -0.161. The Morgan fingerprint density at radius 3 is 2.67 bits per heavy atom. The van der Waals surface area contributed by atoms with E-state index in [1.807, 2.05) is 0 Å². The normalized spacial score (nSPS) is 39.0. The Balaban J connectivity index is 2.53. The average Bonchev–Trinajstić information content (AvgIpc) is 2.35. The molecule has 2 aliphatic carbocycles. The Labute approximate surface area is 135 Å². The Bertz CT molecular complexity index is 494. The van der Waals surface area contributed by atoms with Crippen LogP contribution in [0, 0.1) is 10.8 Å². The van der Waals surface area contributed by atoms with Gasteiger partial charge in [-0.25, -0.2) is 0 Å². The molecule has 0 radical (unpaired) electrons. The number of halogens is 1. The Morgan fingerprint density at radius 2 is 2.10 bits per heavy atom. The number of alkyl halides is 1. The molecule has 1 unspecified atom stereocenters. The molecule has 3 nitrogen and oxygen atoms in total. The van der Waals surface area contributed by atoms with Crippen LogP contribution in [0.1, 0.15) is 47.0 Å². The minimum absolute atomic E-state index is 0.0552. The van der Waals surface area contributed by atoms with Crippen molar-refractivity contribution in [1.29, 1.82) is 0 Å². The second-order valence-corrected chi connectivity index (χ2v) is 8.01. The molecule has 2 rings (SSSR count). The van der Waals surface area contributed by atoms with E-state index in [1.54, 1.807) is 0 Å². The number of carbonyl (C=O) groups excluding carboxylic acids is 1. The molecule has 21 heavy (non-hydrogen) atoms. The highest BCUT2D eigenvalue weighted by molar-refractivity contribution is 9.09. The zero-order valence-electron chi connectivity index (χ0n) is 13.3. The molecule has 2 aliphatic rings. The van der Waals surface area contributed by atoms with Crippen LogP contribution in [0.4, 0.5) is 0 Å². The van der Waals surface area contributed by atoms with Gasteiger partial charge in [0, 0.05) is 23.6 Å². The van der Waals surface area contributed by atoms with Crippen LogP contribution in [-0.4, -0.2) is 28.1 Å². The van der Waals surface area contributed by atoms with Crippen LogP contribution in [0.5, 0.6) is 0 Å². The molecule has 0 saturated heterocycles. The van der Waals surface area contributed by atoms with Crippen molar-refractivity contribution in [3.8, 4) is 0 Å². The lowest BCUT2D eigenvalue weighted by atomic mass is 9.49. The van der Waals surface area contributed by atoms with Crippen LogP contribution in [-0.2, 0) is 9.53 Å². The monoisotopic (exact) mass is 356 g/mol. The van der Waals surface area contributed by atoms with Gasteiger partial charge in [0.15, 0.2) is 0 Å². The fourth-order valence-electron chi connectivity index (χ4n) is 4.13. The predicted octanol–water partition coefficient (Wildman–Crippen LogP) is 3.76. The van der Waals surface area contributed by atoms with E-state index in [1.165, 1.54) is 12.5 Å². The molecule has 1 N–H and O–H groups in total. The lowest BCUT2D eigenvalue weighted by Crippen LogP contribution is -2.60. The van der Waals surface area contributed by atoms with Crippen molar-refractivity contribution in [2.24, 2.45) is 10.8 Å². The number of hydrogen-bond acceptors (Lipinski definition) is 3. The molecule has 0 aliphatic heterocycles. The summed E-state index contributed by atoms with van der Waals surface area (Å²) in [5.74, 6) is -0.255. The number of esters is 1. The van der Waals surface area contributed by atoms with Crippen molar-refractivity contribution in [3.05, 3.63) is 23.8 Å². The largest absolute Gasteiger partial charge is 0.461 e. The zero-order valence-corrected chi connectivity index (χ0v) is 14.9. The second kappa shape index (κ2) is 5.54. The van der Waals surface area contributed by atoms with Gasteiger partial charge in [-0.15, -0.1) is 0 Å². The summed E-state index contributed by atoms with van der Waals surface area (Å²) in [7, 11) is 0. The van der Waals surface area contributed by atoms with E-state index in [9.17, 15) is 9.90 Å². The minimum Gasteiger partial charge on any atom is -0.461 e. The molecule has 0 aromatic carbocycles. The Kier molecular flexibility index (Phi) is 4.42. The molecule has 1 fully saturated rings. The van der Waals surface area contributed by atoms with Gasteiger partial charge >= 0.3 is 5.97 Å². The summed E-state index contributed by atoms with van der Waals surface area (Å²) in [5.41, 5.74) is 1.64. The predicted molar refractivity (Wildman–Crippen MR) is 87.2 cm³/mol. The van der Waals surface area contributed by atoms with Crippen LogP contribution < -0.4 is 0 Å². The second-order valence-electron chi connectivity index (χ2n) is 7.03. The summed E-state index contributed by atoms with van der Waals surface area (Å²) < 4.78 is 5.70. The Hall–Kier alpha value is -0.610. The first kappa shape index (κ1) is 16.8.